The average molecular weight is 482 g/mol. The number of hydrogen-bond acceptors (Lipinski definition) is 7. The van der Waals surface area contributed by atoms with Gasteiger partial charge >= 0.3 is 0 Å². The van der Waals surface area contributed by atoms with E-state index in [9.17, 15) is 29.2 Å². The first kappa shape index (κ1) is 16.7. The number of aliphatic hydroxyl groups excluding tert-OH is 4. The molecular weight excluding hydrogens is 450 g/mol. The van der Waals surface area contributed by atoms with E-state index in [1.807, 2.05) is 0 Å². The summed E-state index contributed by atoms with van der Waals surface area (Å²) in [4.78, 5) is 0. The zero-order chi connectivity index (χ0) is 29.7. The fourth-order valence-corrected chi connectivity index (χ4v) is 3.61. The minimum atomic E-state index is -3.47. The van der Waals surface area contributed by atoms with Crippen LogP contribution in [-0.4, -0.2) is 65.1 Å². The Morgan fingerprint density at radius 1 is 1.19 bits per heavy atom. The largest absolute Gasteiger partial charge is 0.488 e. The number of aliphatic hydroxyl groups is 4. The van der Waals surface area contributed by atoms with Gasteiger partial charge in [-0.3, -0.25) is 0 Å². The Bertz CT molecular complexity index is 1190. The summed E-state index contributed by atoms with van der Waals surface area (Å²) < 4.78 is 98.4. The van der Waals surface area contributed by atoms with Crippen LogP contribution in [0, 0.1) is 11.6 Å². The number of halogens is 3. The maximum Gasteiger partial charge on any atom is 0.224 e. The molecule has 3 rings (SSSR count). The summed E-state index contributed by atoms with van der Waals surface area (Å²) in [5.41, 5.74) is -1.23. The van der Waals surface area contributed by atoms with Crippen LogP contribution in [0.2, 0.25) is 5.02 Å². The third-order valence-corrected chi connectivity index (χ3v) is 5.38. The summed E-state index contributed by atoms with van der Waals surface area (Å²) in [5, 5.41) is 40.4. The fraction of sp³-hybridized carbons (Fsp3) is 0.455. The average Bonchev–Trinajstić information content (AvgIpc) is 2.85. The molecule has 7 nitrogen and oxygen atoms in total. The van der Waals surface area contributed by atoms with Gasteiger partial charge in [0, 0.05) is 24.5 Å². The van der Waals surface area contributed by atoms with Gasteiger partial charge in [0.25, 0.3) is 0 Å². The van der Waals surface area contributed by atoms with E-state index in [2.05, 4.69) is 4.74 Å². The minimum Gasteiger partial charge on any atom is -0.488 e. The molecule has 5 atom stereocenters. The summed E-state index contributed by atoms with van der Waals surface area (Å²) >= 11 is 6.21. The normalized spacial score (nSPS) is 32.6. The second-order valence-corrected chi connectivity index (χ2v) is 7.34. The predicted molar refractivity (Wildman–Crippen MR) is 110 cm³/mol. The first-order valence-electron chi connectivity index (χ1n) is 12.7. The van der Waals surface area contributed by atoms with Gasteiger partial charge in [-0.25, -0.2) is 8.78 Å². The van der Waals surface area contributed by atoms with Crippen molar-refractivity contribution in [2.75, 3.05) is 20.3 Å². The molecule has 1 aliphatic heterocycles. The number of hydrogen-bond donors (Lipinski definition) is 4. The monoisotopic (exact) mass is 481 g/mol. The Morgan fingerprint density at radius 2 is 1.88 bits per heavy atom. The van der Waals surface area contributed by atoms with Crippen molar-refractivity contribution in [3.63, 3.8) is 0 Å². The lowest BCUT2D eigenvalue weighted by Crippen LogP contribution is -2.64. The molecule has 0 aromatic heterocycles. The van der Waals surface area contributed by atoms with Gasteiger partial charge in [-0.1, -0.05) is 17.7 Å². The highest BCUT2D eigenvalue weighted by Gasteiger charge is 2.55. The minimum absolute atomic E-state index is 0.142. The number of benzene rings is 2. The highest BCUT2D eigenvalue weighted by Crippen LogP contribution is 2.40. The topological polar surface area (TPSA) is 109 Å². The SMILES string of the molecule is [2H]C([2H])(c1cc(F)c(OC([2H])([2H])C([2H])([2H])[2H])c(F)c1)c1cc(C2(OC)O[C@H](CO)[C@@H](O)[C@H](O)[C@H]2O)ccc1Cl. The lowest BCUT2D eigenvalue weighted by Gasteiger charge is -2.47. The van der Waals surface area contributed by atoms with Gasteiger partial charge in [0.05, 0.1) is 15.9 Å². The first-order chi connectivity index (χ1) is 17.8. The molecule has 2 aromatic carbocycles. The molecule has 10 heteroatoms. The van der Waals surface area contributed by atoms with E-state index in [4.69, 9.17) is 30.7 Å². The molecule has 32 heavy (non-hydrogen) atoms. The maximum absolute atomic E-state index is 14.8. The Kier molecular flexibility index (Phi) is 5.20. The van der Waals surface area contributed by atoms with E-state index in [0.29, 0.717) is 12.1 Å². The highest BCUT2D eigenvalue weighted by atomic mass is 35.5. The summed E-state index contributed by atoms with van der Waals surface area (Å²) in [6, 6.07) is 4.36. The number of ether oxygens (including phenoxy) is 3. The van der Waals surface area contributed by atoms with Crippen molar-refractivity contribution < 1.29 is 53.0 Å². The van der Waals surface area contributed by atoms with Crippen LogP contribution < -0.4 is 4.74 Å². The Labute approximate surface area is 198 Å². The van der Waals surface area contributed by atoms with Crippen molar-refractivity contribution in [1.29, 1.82) is 0 Å². The van der Waals surface area contributed by atoms with Gasteiger partial charge in [-0.2, -0.15) is 0 Å². The molecule has 1 saturated heterocycles. The summed E-state index contributed by atoms with van der Waals surface area (Å²) in [6.45, 7) is -7.65. The van der Waals surface area contributed by atoms with Gasteiger partial charge in [-0.05, 0) is 48.6 Å². The smallest absolute Gasteiger partial charge is 0.224 e. The van der Waals surface area contributed by atoms with Crippen LogP contribution in [0.1, 0.15) is 33.1 Å². The Morgan fingerprint density at radius 3 is 2.47 bits per heavy atom. The van der Waals surface area contributed by atoms with Crippen LogP contribution in [0.15, 0.2) is 30.3 Å². The van der Waals surface area contributed by atoms with Crippen molar-refractivity contribution in [2.45, 2.75) is 43.4 Å². The second-order valence-electron chi connectivity index (χ2n) is 6.93. The maximum atomic E-state index is 14.8. The van der Waals surface area contributed by atoms with E-state index in [-0.39, 0.29) is 10.6 Å². The second kappa shape index (κ2) is 9.96. The van der Waals surface area contributed by atoms with Crippen LogP contribution in [0.4, 0.5) is 8.78 Å². The van der Waals surface area contributed by atoms with Crippen molar-refractivity contribution in [3.8, 4) is 5.75 Å². The van der Waals surface area contributed by atoms with Crippen LogP contribution in [0.25, 0.3) is 0 Å². The lowest BCUT2D eigenvalue weighted by molar-refractivity contribution is -0.366. The molecule has 2 aromatic rings. The van der Waals surface area contributed by atoms with Crippen molar-refractivity contribution >= 4 is 11.6 Å². The van der Waals surface area contributed by atoms with Crippen molar-refractivity contribution in [2.24, 2.45) is 0 Å². The molecule has 0 saturated carbocycles. The van der Waals surface area contributed by atoms with Gasteiger partial charge in [-0.15, -0.1) is 0 Å². The van der Waals surface area contributed by atoms with E-state index in [1.54, 1.807) is 0 Å². The van der Waals surface area contributed by atoms with Gasteiger partial charge < -0.3 is 34.6 Å². The lowest BCUT2D eigenvalue weighted by atomic mass is 9.87. The zero-order valence-corrected chi connectivity index (χ0v) is 17.3. The van der Waals surface area contributed by atoms with Crippen LogP contribution in [-0.2, 0) is 21.6 Å². The standard InChI is InChI=1S/C22H25ClF2O7/c1-3-31-20-15(24)7-11(8-16(20)25)6-12-9-13(4-5-14(12)23)22(30-2)21(29)19(28)18(27)17(10-26)32-22/h4-5,7-9,17-19,21,26-29H,3,6,10H2,1-2H3/t17-,18-,19+,21-,22?/m1/s1/i1D3,3D2,6D2. The first-order valence-corrected chi connectivity index (χ1v) is 9.59. The third-order valence-electron chi connectivity index (χ3n) is 5.05. The molecule has 0 spiro atoms. The summed E-state index contributed by atoms with van der Waals surface area (Å²) in [7, 11) is 1.08. The molecule has 4 N–H and O–H groups in total. The molecule has 1 fully saturated rings. The fourth-order valence-electron chi connectivity index (χ4n) is 3.44. The molecule has 0 bridgehead atoms. The third kappa shape index (κ3) is 4.47. The van der Waals surface area contributed by atoms with Crippen LogP contribution in [0.5, 0.6) is 5.75 Å². The van der Waals surface area contributed by atoms with E-state index in [0.717, 1.165) is 19.2 Å². The Hall–Kier alpha value is -1.85. The van der Waals surface area contributed by atoms with E-state index < -0.39 is 85.1 Å². The molecule has 0 radical (unpaired) electrons. The molecule has 1 heterocycles. The molecule has 1 unspecified atom stereocenters. The number of rotatable bonds is 7. The van der Waals surface area contributed by atoms with Gasteiger partial charge in [0.2, 0.25) is 5.79 Å². The van der Waals surface area contributed by atoms with Crippen LogP contribution >= 0.6 is 11.6 Å². The molecule has 0 amide bonds. The zero-order valence-electron chi connectivity index (χ0n) is 23.6. The molecular formula is C22H25ClF2O7. The van der Waals surface area contributed by atoms with Gasteiger partial charge in [0.15, 0.2) is 17.4 Å². The van der Waals surface area contributed by atoms with Gasteiger partial charge in [0.1, 0.15) is 24.4 Å². The summed E-state index contributed by atoms with van der Waals surface area (Å²) in [5.74, 6) is -6.82. The summed E-state index contributed by atoms with van der Waals surface area (Å²) in [6.07, 6.45) is -9.71. The quantitative estimate of drug-likeness (QED) is 0.478. The molecule has 0 aliphatic carbocycles. The van der Waals surface area contributed by atoms with E-state index in [1.165, 1.54) is 6.07 Å². The Balaban J connectivity index is 2.10. The predicted octanol–water partition coefficient (Wildman–Crippen LogP) is 1.88. The number of methoxy groups -OCH3 is 1. The molecule has 1 aliphatic rings. The highest BCUT2D eigenvalue weighted by molar-refractivity contribution is 6.31. The van der Waals surface area contributed by atoms with E-state index >= 15 is 0 Å². The molecule has 176 valence electrons. The van der Waals surface area contributed by atoms with Crippen LogP contribution in [0.3, 0.4) is 0 Å². The van der Waals surface area contributed by atoms with Crippen molar-refractivity contribution in [3.05, 3.63) is 63.7 Å². The van der Waals surface area contributed by atoms with Crippen molar-refractivity contribution in [1.82, 2.24) is 0 Å².